The van der Waals surface area contributed by atoms with Gasteiger partial charge in [0.15, 0.2) is 0 Å². The Kier molecular flexibility index (Phi) is 5.42. The molecule has 0 radical (unpaired) electrons. The van der Waals surface area contributed by atoms with Crippen LogP contribution in [0.2, 0.25) is 0 Å². The first-order chi connectivity index (χ1) is 13.1. The Morgan fingerprint density at radius 2 is 1.96 bits per heavy atom. The van der Waals surface area contributed by atoms with Gasteiger partial charge in [0.1, 0.15) is 5.75 Å². The van der Waals surface area contributed by atoms with Crippen LogP contribution in [0, 0.1) is 0 Å². The normalized spacial score (nSPS) is 26.7. The molecular weight excluding hydrogens is 338 g/mol. The first kappa shape index (κ1) is 18.8. The number of rotatable bonds is 4. The molecule has 27 heavy (non-hydrogen) atoms. The Morgan fingerprint density at radius 1 is 1.15 bits per heavy atom. The molecule has 5 nitrogen and oxygen atoms in total. The summed E-state index contributed by atoms with van der Waals surface area (Å²) in [6.07, 6.45) is 6.29. The van der Waals surface area contributed by atoms with E-state index < -0.39 is 0 Å². The van der Waals surface area contributed by atoms with E-state index in [1.807, 2.05) is 0 Å². The molecule has 2 aliphatic heterocycles. The fourth-order valence-corrected chi connectivity index (χ4v) is 5.12. The second kappa shape index (κ2) is 7.80. The van der Waals surface area contributed by atoms with Gasteiger partial charge in [-0.3, -0.25) is 14.6 Å². The topological polar surface area (TPSA) is 44.8 Å². The van der Waals surface area contributed by atoms with Crippen LogP contribution in [0.1, 0.15) is 49.3 Å². The van der Waals surface area contributed by atoms with Gasteiger partial charge in [-0.1, -0.05) is 6.07 Å². The molecule has 1 N–H and O–H groups in total. The lowest BCUT2D eigenvalue weighted by Crippen LogP contribution is -2.60. The number of carbonyl (C=O) groups is 1. The standard InChI is InChI=1S/C22H33N3O2/c1-3-27-20-14-18-6-4-5-17(18)13-19(20)15-25-12-11-24(2)22(16-25)8-7-21(26)23-10-9-22/h13-14H,3-12,15-16H2,1-2H3,(H,23,26). The lowest BCUT2D eigenvalue weighted by atomic mass is 9.86. The summed E-state index contributed by atoms with van der Waals surface area (Å²) in [5.41, 5.74) is 4.44. The average Bonchev–Trinajstić information content (AvgIpc) is 3.02. The van der Waals surface area contributed by atoms with Crippen molar-refractivity contribution < 1.29 is 9.53 Å². The summed E-state index contributed by atoms with van der Waals surface area (Å²) in [5.74, 6) is 1.28. The number of piperazine rings is 1. The highest BCUT2D eigenvalue weighted by Crippen LogP contribution is 2.34. The minimum Gasteiger partial charge on any atom is -0.494 e. The van der Waals surface area contributed by atoms with Crippen molar-refractivity contribution in [2.75, 3.05) is 39.8 Å². The summed E-state index contributed by atoms with van der Waals surface area (Å²) in [6.45, 7) is 7.68. The van der Waals surface area contributed by atoms with E-state index in [0.29, 0.717) is 13.0 Å². The van der Waals surface area contributed by atoms with Crippen molar-refractivity contribution in [2.24, 2.45) is 0 Å². The highest BCUT2D eigenvalue weighted by Gasteiger charge is 2.40. The van der Waals surface area contributed by atoms with Crippen molar-refractivity contribution in [1.29, 1.82) is 0 Å². The molecular formula is C22H33N3O2. The Hall–Kier alpha value is -1.59. The van der Waals surface area contributed by atoms with Crippen molar-refractivity contribution in [3.63, 3.8) is 0 Å². The van der Waals surface area contributed by atoms with Crippen molar-refractivity contribution in [2.45, 2.75) is 57.5 Å². The van der Waals surface area contributed by atoms with Gasteiger partial charge in [-0.25, -0.2) is 0 Å². The van der Waals surface area contributed by atoms with Gasteiger partial charge in [0.05, 0.1) is 6.61 Å². The second-order valence-corrected chi connectivity index (χ2v) is 8.47. The molecule has 0 aromatic heterocycles. The van der Waals surface area contributed by atoms with Crippen LogP contribution in [-0.4, -0.2) is 61.1 Å². The van der Waals surface area contributed by atoms with Gasteiger partial charge < -0.3 is 10.1 Å². The Balaban J connectivity index is 1.53. The number of carbonyl (C=O) groups excluding carboxylic acids is 1. The molecule has 0 saturated carbocycles. The molecule has 4 rings (SSSR count). The van der Waals surface area contributed by atoms with E-state index in [0.717, 1.165) is 51.3 Å². The maximum atomic E-state index is 11.9. The summed E-state index contributed by atoms with van der Waals surface area (Å²) >= 11 is 0. The van der Waals surface area contributed by atoms with Gasteiger partial charge in [-0.05, 0) is 63.3 Å². The van der Waals surface area contributed by atoms with Crippen molar-refractivity contribution in [1.82, 2.24) is 15.1 Å². The van der Waals surface area contributed by atoms with E-state index >= 15 is 0 Å². The molecule has 1 amide bonds. The first-order valence-electron chi connectivity index (χ1n) is 10.6. The van der Waals surface area contributed by atoms with Gasteiger partial charge in [-0.15, -0.1) is 0 Å². The van der Waals surface area contributed by atoms with E-state index in [1.165, 1.54) is 36.0 Å². The minimum atomic E-state index is 0.111. The lowest BCUT2D eigenvalue weighted by Gasteiger charge is -2.49. The summed E-state index contributed by atoms with van der Waals surface area (Å²) in [6, 6.07) is 4.69. The van der Waals surface area contributed by atoms with Crippen LogP contribution in [0.3, 0.4) is 0 Å². The van der Waals surface area contributed by atoms with Crippen molar-refractivity contribution in [3.05, 3.63) is 28.8 Å². The zero-order chi connectivity index (χ0) is 18.9. The van der Waals surface area contributed by atoms with E-state index in [-0.39, 0.29) is 11.4 Å². The number of amides is 1. The summed E-state index contributed by atoms with van der Waals surface area (Å²) in [5, 5.41) is 3.05. The van der Waals surface area contributed by atoms with E-state index in [2.05, 4.69) is 41.2 Å². The first-order valence-corrected chi connectivity index (χ1v) is 10.6. The Labute approximate surface area is 163 Å². The number of nitrogens with zero attached hydrogens (tertiary/aromatic N) is 2. The molecule has 148 valence electrons. The molecule has 1 spiro atoms. The fraction of sp³-hybridized carbons (Fsp3) is 0.682. The van der Waals surface area contributed by atoms with Crippen LogP contribution in [-0.2, 0) is 24.2 Å². The molecule has 1 aliphatic carbocycles. The van der Waals surface area contributed by atoms with Gasteiger partial charge in [-0.2, -0.15) is 0 Å². The monoisotopic (exact) mass is 371 g/mol. The molecule has 2 heterocycles. The molecule has 1 atom stereocenters. The van der Waals surface area contributed by atoms with Crippen LogP contribution >= 0.6 is 0 Å². The fourth-order valence-electron chi connectivity index (χ4n) is 5.12. The summed E-state index contributed by atoms with van der Waals surface area (Å²) in [7, 11) is 2.23. The van der Waals surface area contributed by atoms with Gasteiger partial charge >= 0.3 is 0 Å². The number of likely N-dealkylation sites (N-methyl/N-ethyl adjacent to an activating group) is 1. The highest BCUT2D eigenvalue weighted by molar-refractivity contribution is 5.76. The molecule has 5 heteroatoms. The minimum absolute atomic E-state index is 0.111. The van der Waals surface area contributed by atoms with Crippen LogP contribution in [0.15, 0.2) is 12.1 Å². The predicted octanol–water partition coefficient (Wildman–Crippen LogP) is 2.36. The largest absolute Gasteiger partial charge is 0.494 e. The Bertz CT molecular complexity index is 705. The zero-order valence-corrected chi connectivity index (χ0v) is 16.9. The maximum absolute atomic E-state index is 11.9. The van der Waals surface area contributed by atoms with Crippen LogP contribution < -0.4 is 10.1 Å². The quantitative estimate of drug-likeness (QED) is 0.883. The third-order valence-electron chi connectivity index (χ3n) is 6.78. The number of ether oxygens (including phenoxy) is 1. The highest BCUT2D eigenvalue weighted by atomic mass is 16.5. The molecule has 3 aliphatic rings. The number of hydrogen-bond donors (Lipinski definition) is 1. The SMILES string of the molecule is CCOc1cc2c(cc1CN1CCN(C)C3(CCNC(=O)CC3)C1)CCC2. The molecule has 2 saturated heterocycles. The smallest absolute Gasteiger partial charge is 0.220 e. The van der Waals surface area contributed by atoms with Crippen LogP contribution in [0.4, 0.5) is 0 Å². The predicted molar refractivity (Wildman–Crippen MR) is 107 cm³/mol. The summed E-state index contributed by atoms with van der Waals surface area (Å²) in [4.78, 5) is 16.9. The zero-order valence-electron chi connectivity index (χ0n) is 16.9. The third kappa shape index (κ3) is 3.85. The molecule has 1 unspecified atom stereocenters. The number of fused-ring (bicyclic) bond motifs is 1. The number of nitrogens with one attached hydrogen (secondary N) is 1. The van der Waals surface area contributed by atoms with Crippen molar-refractivity contribution in [3.8, 4) is 5.75 Å². The van der Waals surface area contributed by atoms with Crippen LogP contribution in [0.25, 0.3) is 0 Å². The van der Waals surface area contributed by atoms with Gasteiger partial charge in [0.2, 0.25) is 5.91 Å². The van der Waals surface area contributed by atoms with Crippen LogP contribution in [0.5, 0.6) is 5.75 Å². The van der Waals surface area contributed by atoms with E-state index in [1.54, 1.807) is 0 Å². The number of hydrogen-bond acceptors (Lipinski definition) is 4. The molecule has 1 aromatic carbocycles. The van der Waals surface area contributed by atoms with E-state index in [9.17, 15) is 4.79 Å². The molecule has 0 bridgehead atoms. The maximum Gasteiger partial charge on any atom is 0.220 e. The molecule has 1 aromatic rings. The summed E-state index contributed by atoms with van der Waals surface area (Å²) < 4.78 is 6.00. The van der Waals surface area contributed by atoms with E-state index in [4.69, 9.17) is 4.74 Å². The number of aryl methyl sites for hydroxylation is 2. The number of benzene rings is 1. The molecule has 2 fully saturated rings. The average molecular weight is 372 g/mol. The lowest BCUT2D eigenvalue weighted by molar-refractivity contribution is -0.121. The second-order valence-electron chi connectivity index (χ2n) is 8.47. The van der Waals surface area contributed by atoms with Gasteiger partial charge in [0.25, 0.3) is 0 Å². The van der Waals surface area contributed by atoms with Crippen molar-refractivity contribution >= 4 is 5.91 Å². The third-order valence-corrected chi connectivity index (χ3v) is 6.78. The Morgan fingerprint density at radius 3 is 2.78 bits per heavy atom. The van der Waals surface area contributed by atoms with Gasteiger partial charge in [0, 0.05) is 50.2 Å².